The number of esters is 1. The summed E-state index contributed by atoms with van der Waals surface area (Å²) in [5.41, 5.74) is 1.93. The van der Waals surface area contributed by atoms with Crippen molar-refractivity contribution < 1.29 is 9.53 Å². The highest BCUT2D eigenvalue weighted by molar-refractivity contribution is 5.98. The number of fused-ring (bicyclic) bond motifs is 3. The van der Waals surface area contributed by atoms with Gasteiger partial charge in [-0.25, -0.2) is 0 Å². The number of nitriles is 1. The van der Waals surface area contributed by atoms with E-state index in [-0.39, 0.29) is 12.1 Å². The maximum Gasteiger partial charge on any atom is 0.307 e. The molecule has 2 fully saturated rings. The van der Waals surface area contributed by atoms with Crippen molar-refractivity contribution in [2.45, 2.75) is 64.1 Å². The van der Waals surface area contributed by atoms with E-state index in [0.29, 0.717) is 18.5 Å². The topological polar surface area (TPSA) is 56.6 Å². The summed E-state index contributed by atoms with van der Waals surface area (Å²) in [4.78, 5) is 17.2. The second-order valence-electron chi connectivity index (χ2n) is 8.44. The Kier molecular flexibility index (Phi) is 6.24. The zero-order valence-electron chi connectivity index (χ0n) is 18.0. The number of benzene rings is 2. The van der Waals surface area contributed by atoms with Crippen molar-refractivity contribution in [1.29, 1.82) is 5.26 Å². The molecule has 2 aliphatic heterocycles. The molecule has 0 unspecified atom stereocenters. The molecule has 5 nitrogen and oxygen atoms in total. The van der Waals surface area contributed by atoms with E-state index in [0.717, 1.165) is 61.7 Å². The van der Waals surface area contributed by atoms with Gasteiger partial charge in [-0.2, -0.15) is 5.26 Å². The molecule has 0 aromatic heterocycles. The highest BCUT2D eigenvalue weighted by Gasteiger charge is 2.42. The fourth-order valence-electron chi connectivity index (χ4n) is 5.26. The Morgan fingerprint density at radius 3 is 2.40 bits per heavy atom. The average molecular weight is 406 g/mol. The van der Waals surface area contributed by atoms with Crippen LogP contribution in [0.25, 0.3) is 10.8 Å². The number of ether oxygens (including phenoxy) is 1. The van der Waals surface area contributed by atoms with Gasteiger partial charge in [0.2, 0.25) is 0 Å². The maximum absolute atomic E-state index is 12.4. The first-order chi connectivity index (χ1) is 14.6. The van der Waals surface area contributed by atoms with Gasteiger partial charge in [0.25, 0.3) is 0 Å². The minimum atomic E-state index is -0.0661. The first-order valence-electron chi connectivity index (χ1n) is 11.3. The molecule has 5 heteroatoms. The fraction of sp³-hybridized carbons (Fsp3) is 0.520. The van der Waals surface area contributed by atoms with Crippen LogP contribution >= 0.6 is 0 Å². The number of carbonyl (C=O) groups is 1. The van der Waals surface area contributed by atoms with Crippen LogP contribution in [0.15, 0.2) is 36.4 Å². The molecular formula is C25H31N3O2. The van der Waals surface area contributed by atoms with Crippen LogP contribution in [0.3, 0.4) is 0 Å². The number of hydrogen-bond acceptors (Lipinski definition) is 5. The predicted molar refractivity (Wildman–Crippen MR) is 119 cm³/mol. The second-order valence-corrected chi connectivity index (χ2v) is 8.44. The largest absolute Gasteiger partial charge is 0.462 e. The quantitative estimate of drug-likeness (QED) is 0.636. The van der Waals surface area contributed by atoms with Crippen LogP contribution in [0.1, 0.15) is 51.5 Å². The molecular weight excluding hydrogens is 374 g/mol. The summed E-state index contributed by atoms with van der Waals surface area (Å²) in [7, 11) is 0. The molecule has 2 aliphatic rings. The minimum Gasteiger partial charge on any atom is -0.462 e. The third-order valence-electron chi connectivity index (χ3n) is 6.81. The SMILES string of the molecule is CCN(CC)CCC(=O)O[C@H]1C[C@H]2CC[C@@H](C1)N2c1ccc(C#N)c2ccccc12. The number of anilines is 1. The van der Waals surface area contributed by atoms with Crippen molar-refractivity contribution >= 4 is 22.4 Å². The molecule has 2 aromatic carbocycles. The van der Waals surface area contributed by atoms with Gasteiger partial charge in [0.05, 0.1) is 18.1 Å². The average Bonchev–Trinajstić information content (AvgIpc) is 3.03. The summed E-state index contributed by atoms with van der Waals surface area (Å²) in [5, 5.41) is 11.6. The Morgan fingerprint density at radius 2 is 1.77 bits per heavy atom. The van der Waals surface area contributed by atoms with Crippen LogP contribution in [-0.2, 0) is 9.53 Å². The number of nitrogens with zero attached hydrogens (tertiary/aromatic N) is 3. The fourth-order valence-corrected chi connectivity index (χ4v) is 5.26. The Labute approximate surface area is 179 Å². The molecule has 2 aromatic rings. The van der Waals surface area contributed by atoms with Crippen molar-refractivity contribution in [2.75, 3.05) is 24.5 Å². The van der Waals surface area contributed by atoms with E-state index in [1.807, 2.05) is 24.3 Å². The highest BCUT2D eigenvalue weighted by atomic mass is 16.5. The van der Waals surface area contributed by atoms with E-state index in [1.54, 1.807) is 0 Å². The van der Waals surface area contributed by atoms with E-state index in [2.05, 4.69) is 41.8 Å². The molecule has 2 bridgehead atoms. The molecule has 158 valence electrons. The molecule has 0 N–H and O–H groups in total. The van der Waals surface area contributed by atoms with Crippen molar-refractivity contribution in [3.05, 3.63) is 42.0 Å². The summed E-state index contributed by atoms with van der Waals surface area (Å²) in [6.45, 7) is 6.94. The lowest BCUT2D eigenvalue weighted by molar-refractivity contribution is -0.150. The summed E-state index contributed by atoms with van der Waals surface area (Å²) in [6, 6.07) is 15.3. The lowest BCUT2D eigenvalue weighted by Crippen LogP contribution is -2.46. The third-order valence-corrected chi connectivity index (χ3v) is 6.81. The lowest BCUT2D eigenvalue weighted by atomic mass is 9.96. The number of hydrogen-bond donors (Lipinski definition) is 0. The van der Waals surface area contributed by atoms with Crippen LogP contribution in [0, 0.1) is 11.3 Å². The van der Waals surface area contributed by atoms with Crippen LogP contribution < -0.4 is 4.90 Å². The molecule has 0 amide bonds. The van der Waals surface area contributed by atoms with Gasteiger partial charge in [0.1, 0.15) is 6.10 Å². The summed E-state index contributed by atoms with van der Waals surface area (Å²) in [5.74, 6) is -0.0661. The number of piperidine rings is 1. The maximum atomic E-state index is 12.4. The van der Waals surface area contributed by atoms with Gasteiger partial charge in [-0.1, -0.05) is 38.1 Å². The van der Waals surface area contributed by atoms with E-state index in [9.17, 15) is 10.1 Å². The molecule has 3 atom stereocenters. The first-order valence-corrected chi connectivity index (χ1v) is 11.3. The Hall–Kier alpha value is -2.58. The Balaban J connectivity index is 1.46. The molecule has 30 heavy (non-hydrogen) atoms. The smallest absolute Gasteiger partial charge is 0.307 e. The summed E-state index contributed by atoms with van der Waals surface area (Å²) >= 11 is 0. The normalized spacial score (nSPS) is 23.0. The molecule has 2 saturated heterocycles. The molecule has 0 spiro atoms. The van der Waals surface area contributed by atoms with Gasteiger partial charge < -0.3 is 14.5 Å². The van der Waals surface area contributed by atoms with Gasteiger partial charge in [0, 0.05) is 47.9 Å². The lowest BCUT2D eigenvalue weighted by Gasteiger charge is -2.40. The van der Waals surface area contributed by atoms with E-state index in [1.165, 1.54) is 5.69 Å². The summed E-state index contributed by atoms with van der Waals surface area (Å²) in [6.07, 6.45) is 4.53. The van der Waals surface area contributed by atoms with Crippen LogP contribution in [-0.4, -0.2) is 48.7 Å². The van der Waals surface area contributed by atoms with Gasteiger partial charge in [-0.3, -0.25) is 4.79 Å². The zero-order chi connectivity index (χ0) is 21.1. The second kappa shape index (κ2) is 9.06. The third kappa shape index (κ3) is 4.02. The van der Waals surface area contributed by atoms with E-state index < -0.39 is 0 Å². The monoisotopic (exact) mass is 405 g/mol. The minimum absolute atomic E-state index is 0.0209. The van der Waals surface area contributed by atoms with Crippen molar-refractivity contribution in [3.8, 4) is 6.07 Å². The van der Waals surface area contributed by atoms with Crippen molar-refractivity contribution in [3.63, 3.8) is 0 Å². The predicted octanol–water partition coefficient (Wildman–Crippen LogP) is 4.49. The van der Waals surface area contributed by atoms with Crippen LogP contribution in [0.5, 0.6) is 0 Å². The Bertz CT molecular complexity index is 933. The molecule has 4 rings (SSSR count). The Morgan fingerprint density at radius 1 is 1.10 bits per heavy atom. The molecule has 2 heterocycles. The zero-order valence-corrected chi connectivity index (χ0v) is 18.0. The standard InChI is InChI=1S/C25H31N3O2/c1-3-27(4-2)14-13-25(29)30-21-15-19-10-11-20(16-21)28(19)24-12-9-18(17-26)22-7-5-6-8-23(22)24/h5-9,12,19-21H,3-4,10-11,13-16H2,1-2H3/t19-,20+,21+. The number of carbonyl (C=O) groups excluding carboxylic acids is 1. The van der Waals surface area contributed by atoms with Crippen LogP contribution in [0.2, 0.25) is 0 Å². The first kappa shape index (κ1) is 20.7. The molecule has 0 radical (unpaired) electrons. The highest BCUT2D eigenvalue weighted by Crippen LogP contribution is 2.43. The van der Waals surface area contributed by atoms with Gasteiger partial charge in [-0.15, -0.1) is 0 Å². The van der Waals surface area contributed by atoms with Gasteiger partial charge in [-0.05, 0) is 38.1 Å². The number of rotatable bonds is 7. The van der Waals surface area contributed by atoms with Crippen molar-refractivity contribution in [1.82, 2.24) is 4.90 Å². The van der Waals surface area contributed by atoms with Crippen LogP contribution in [0.4, 0.5) is 5.69 Å². The van der Waals surface area contributed by atoms with Gasteiger partial charge >= 0.3 is 5.97 Å². The van der Waals surface area contributed by atoms with E-state index >= 15 is 0 Å². The molecule has 0 aliphatic carbocycles. The van der Waals surface area contributed by atoms with Gasteiger partial charge in [0.15, 0.2) is 0 Å². The molecule has 0 saturated carbocycles. The summed E-state index contributed by atoms with van der Waals surface area (Å²) < 4.78 is 5.88. The van der Waals surface area contributed by atoms with E-state index in [4.69, 9.17) is 4.74 Å². The van der Waals surface area contributed by atoms with Crippen molar-refractivity contribution in [2.24, 2.45) is 0 Å².